The van der Waals surface area contributed by atoms with Gasteiger partial charge < -0.3 is 28.7 Å². The van der Waals surface area contributed by atoms with Crippen molar-refractivity contribution in [2.45, 2.75) is 0 Å². The molecule has 0 N–H and O–H groups in total. The van der Waals surface area contributed by atoms with Crippen LogP contribution in [-0.2, 0) is 0 Å². The molecule has 6 nitrogen and oxygen atoms in total. The Balaban J connectivity index is 0.772. The summed E-state index contributed by atoms with van der Waals surface area (Å²) in [5, 5.41) is 14.7. The van der Waals surface area contributed by atoms with Gasteiger partial charge in [-0.1, -0.05) is 261 Å². The third kappa shape index (κ3) is 9.16. The minimum atomic E-state index is -0.201. The first-order chi connectivity index (χ1) is 56.6. The number of hydrogen-bond acceptors (Lipinski definition) is 4. The molecule has 0 bridgehead atoms. The fourth-order valence-corrected chi connectivity index (χ4v) is 20.3. The Hall–Kier alpha value is -14.9. The number of benzene rings is 19. The van der Waals surface area contributed by atoms with Crippen molar-refractivity contribution in [3.05, 3.63) is 400 Å². The van der Waals surface area contributed by atoms with Crippen LogP contribution in [0.4, 0.5) is 68.2 Å². The Morgan fingerprint density at radius 3 is 0.877 bits per heavy atom. The third-order valence-electron chi connectivity index (χ3n) is 25.1. The number of hydrogen-bond donors (Lipinski definition) is 0. The lowest BCUT2D eigenvalue weighted by atomic mass is 9.30. The topological polar surface area (TPSA) is 22.8 Å². The molecule has 2 aromatic heterocycles. The van der Waals surface area contributed by atoms with Crippen molar-refractivity contribution in [2.75, 3.05) is 19.6 Å². The zero-order valence-electron chi connectivity index (χ0n) is 61.9. The molecule has 0 radical (unpaired) electrons. The van der Waals surface area contributed by atoms with Crippen molar-refractivity contribution in [3.8, 4) is 33.6 Å². The first-order valence-corrected chi connectivity index (χ1v) is 39.6. The lowest BCUT2D eigenvalue weighted by Crippen LogP contribution is -2.65. The van der Waals surface area contributed by atoms with E-state index >= 15 is 0 Å². The number of nitrogens with zero attached hydrogens (tertiary/aromatic N) is 6. The number of fused-ring (bicyclic) bond motifs is 20. The monoisotopic (exact) mass is 1440 g/mol. The minimum Gasteiger partial charge on any atom is -0.311 e. The van der Waals surface area contributed by atoms with E-state index in [2.05, 4.69) is 429 Å². The van der Waals surface area contributed by atoms with Crippen LogP contribution in [0.1, 0.15) is 0 Å². The van der Waals surface area contributed by atoms with Gasteiger partial charge in [0.2, 0.25) is 0 Å². The molecular formula is C106H66B2N6. The predicted octanol–water partition coefficient (Wildman–Crippen LogP) is 24.0. The highest BCUT2D eigenvalue weighted by Crippen LogP contribution is 2.52. The Morgan fingerprint density at radius 1 is 0.167 bits per heavy atom. The van der Waals surface area contributed by atoms with Crippen LogP contribution in [0, 0.1) is 0 Å². The maximum Gasteiger partial charge on any atom is 0.252 e. The molecule has 0 unspecified atom stereocenters. The summed E-state index contributed by atoms with van der Waals surface area (Å²) >= 11 is 0. The van der Waals surface area contributed by atoms with Crippen LogP contribution in [0.15, 0.2) is 400 Å². The van der Waals surface area contributed by atoms with E-state index in [1.54, 1.807) is 0 Å². The molecule has 0 aliphatic carbocycles. The largest absolute Gasteiger partial charge is 0.311 e. The molecule has 6 heterocycles. The van der Waals surface area contributed by atoms with Crippen LogP contribution >= 0.6 is 0 Å². The molecule has 0 fully saturated rings. The van der Waals surface area contributed by atoms with E-state index in [1.165, 1.54) is 120 Å². The number of para-hydroxylation sites is 6. The van der Waals surface area contributed by atoms with E-state index < -0.39 is 0 Å². The standard InChI is InChI=1S/C106H66B2N6/c1-5-31-77(32-6-1)109-93-43-23-21-41-87(93)107-89-65-90-98(66-97(89)111(79-35-9-3-10-36-79)101-63-81(61-99(109)105(101)107)113-91-53-51-75(73-47-45-67-25-13-15-29-71(67)57-73)59-85(91)103-83-39-19-17-27-69(83)49-55-95(103)113)112(80-37-11-4-12-38-80)102-64-82(62-100-106(102)108(90)88-42-22-24-44-94(88)110(100)78-33-7-2-8-34-78)114-92-54-52-76(74-48-46-68-26-14-16-30-72(68)58-74)60-86(92)104-84-40-20-18-28-70(84)50-56-96(104)114/h1-66H. The van der Waals surface area contributed by atoms with E-state index in [1.807, 2.05) is 0 Å². The van der Waals surface area contributed by atoms with Crippen LogP contribution in [0.2, 0.25) is 0 Å². The SMILES string of the molecule is c1ccc(N2c3ccccc3B3c4cc5c(cc4N(c4ccccc4)c4cc(-n6c7ccc(-c8ccc9ccccc9c8)cc7c7c8ccccc8ccc76)cc2c43)N(c2ccccc2)c2cc(-n3c4ccc(-c6ccc7ccccc7c6)cc4c4c6ccccc6ccc43)cc3c2B5c2ccccc2N3c2ccccc2)cc1. The molecule has 114 heavy (non-hydrogen) atoms. The molecule has 0 saturated carbocycles. The van der Waals surface area contributed by atoms with E-state index in [0.717, 1.165) is 102 Å². The number of rotatable bonds is 8. The summed E-state index contributed by atoms with van der Waals surface area (Å²) in [5.41, 5.74) is 32.5. The van der Waals surface area contributed by atoms with Crippen LogP contribution in [0.3, 0.4) is 0 Å². The molecule has 0 atom stereocenters. The molecule has 4 aliphatic heterocycles. The average molecular weight is 1450 g/mol. The quantitative estimate of drug-likeness (QED) is 0.141. The maximum absolute atomic E-state index is 2.66. The molecule has 19 aromatic carbocycles. The van der Waals surface area contributed by atoms with Crippen LogP contribution in [0.5, 0.6) is 0 Å². The lowest BCUT2D eigenvalue weighted by molar-refractivity contribution is 1.16. The molecular weight excluding hydrogens is 1380 g/mol. The molecule has 0 spiro atoms. The maximum atomic E-state index is 2.66. The lowest BCUT2D eigenvalue weighted by Gasteiger charge is -2.47. The van der Waals surface area contributed by atoms with Gasteiger partial charge in [-0.3, -0.25) is 0 Å². The summed E-state index contributed by atoms with van der Waals surface area (Å²) in [6.07, 6.45) is 0. The fourth-order valence-electron chi connectivity index (χ4n) is 20.3. The molecule has 526 valence electrons. The molecule has 8 heteroatoms. The Labute approximate surface area is 659 Å². The van der Waals surface area contributed by atoms with Crippen molar-refractivity contribution >= 4 is 201 Å². The van der Waals surface area contributed by atoms with Gasteiger partial charge in [0.15, 0.2) is 0 Å². The van der Waals surface area contributed by atoms with Crippen molar-refractivity contribution in [1.82, 2.24) is 9.13 Å². The van der Waals surface area contributed by atoms with Gasteiger partial charge in [0.25, 0.3) is 13.4 Å². The van der Waals surface area contributed by atoms with Gasteiger partial charge >= 0.3 is 0 Å². The van der Waals surface area contributed by atoms with Crippen molar-refractivity contribution in [1.29, 1.82) is 0 Å². The molecule has 0 saturated heterocycles. The van der Waals surface area contributed by atoms with Crippen molar-refractivity contribution in [3.63, 3.8) is 0 Å². The second-order valence-electron chi connectivity index (χ2n) is 31.1. The van der Waals surface area contributed by atoms with Gasteiger partial charge in [-0.05, 0) is 238 Å². The summed E-state index contributed by atoms with van der Waals surface area (Å²) in [5.74, 6) is 0. The second-order valence-corrected chi connectivity index (χ2v) is 31.1. The normalized spacial score (nSPS) is 13.2. The van der Waals surface area contributed by atoms with Gasteiger partial charge in [-0.25, -0.2) is 0 Å². The Morgan fingerprint density at radius 2 is 0.474 bits per heavy atom. The van der Waals surface area contributed by atoms with Gasteiger partial charge in [0, 0.05) is 89.8 Å². The number of anilines is 12. The molecule has 21 aromatic rings. The Bertz CT molecular complexity index is 7210. The summed E-state index contributed by atoms with van der Waals surface area (Å²) in [6, 6.07) is 151. The van der Waals surface area contributed by atoms with Crippen molar-refractivity contribution in [2.24, 2.45) is 0 Å². The van der Waals surface area contributed by atoms with Gasteiger partial charge in [-0.2, -0.15) is 0 Å². The number of aromatic nitrogens is 2. The van der Waals surface area contributed by atoms with Crippen molar-refractivity contribution < 1.29 is 0 Å². The smallest absolute Gasteiger partial charge is 0.252 e. The molecule has 4 aliphatic rings. The highest BCUT2D eigenvalue weighted by atomic mass is 15.2. The average Bonchev–Trinajstić information content (AvgIpc) is 0.816. The highest BCUT2D eigenvalue weighted by molar-refractivity contribution is 7.03. The van der Waals surface area contributed by atoms with E-state index in [4.69, 9.17) is 0 Å². The van der Waals surface area contributed by atoms with Crippen LogP contribution in [0.25, 0.3) is 120 Å². The second kappa shape index (κ2) is 24.3. The van der Waals surface area contributed by atoms with E-state index in [-0.39, 0.29) is 13.4 Å². The third-order valence-corrected chi connectivity index (χ3v) is 25.1. The summed E-state index contributed by atoms with van der Waals surface area (Å²) in [4.78, 5) is 10.3. The van der Waals surface area contributed by atoms with Crippen LogP contribution in [-0.4, -0.2) is 22.6 Å². The van der Waals surface area contributed by atoms with Gasteiger partial charge in [0.1, 0.15) is 0 Å². The predicted molar refractivity (Wildman–Crippen MR) is 484 cm³/mol. The van der Waals surface area contributed by atoms with E-state index in [9.17, 15) is 0 Å². The summed E-state index contributed by atoms with van der Waals surface area (Å²) in [6.45, 7) is -0.401. The summed E-state index contributed by atoms with van der Waals surface area (Å²) in [7, 11) is 0. The first kappa shape index (κ1) is 63.0. The fraction of sp³-hybridized carbons (Fsp3) is 0. The minimum absolute atomic E-state index is 0.201. The zero-order valence-corrected chi connectivity index (χ0v) is 61.9. The highest BCUT2D eigenvalue weighted by Gasteiger charge is 2.49. The van der Waals surface area contributed by atoms with Crippen LogP contribution < -0.4 is 52.4 Å². The first-order valence-electron chi connectivity index (χ1n) is 39.6. The Kier molecular flexibility index (Phi) is 13.4. The molecule has 0 amide bonds. The summed E-state index contributed by atoms with van der Waals surface area (Å²) < 4.78 is 5.13. The van der Waals surface area contributed by atoms with Gasteiger partial charge in [0.05, 0.1) is 33.4 Å². The molecule has 25 rings (SSSR count). The van der Waals surface area contributed by atoms with E-state index in [0.29, 0.717) is 0 Å². The zero-order chi connectivity index (χ0) is 74.4. The van der Waals surface area contributed by atoms with Gasteiger partial charge in [-0.15, -0.1) is 0 Å².